The maximum Gasteiger partial charge on any atom is 0.303 e. The van der Waals surface area contributed by atoms with Crippen molar-refractivity contribution in [2.75, 3.05) is 0 Å². The van der Waals surface area contributed by atoms with Gasteiger partial charge in [0.25, 0.3) is 0 Å². The summed E-state index contributed by atoms with van der Waals surface area (Å²) in [6.45, 7) is 4.08. The molecular weight excluding hydrogens is 240 g/mol. The lowest BCUT2D eigenvalue weighted by Crippen LogP contribution is -2.12. The molecule has 19 heavy (non-hydrogen) atoms. The summed E-state index contributed by atoms with van der Waals surface area (Å²) in [6, 6.07) is 0.514. The maximum absolute atomic E-state index is 10.7. The summed E-state index contributed by atoms with van der Waals surface area (Å²) in [6.07, 6.45) is 8.45. The second-order valence-electron chi connectivity index (χ2n) is 5.63. The van der Waals surface area contributed by atoms with E-state index >= 15 is 0 Å². The van der Waals surface area contributed by atoms with Crippen molar-refractivity contribution in [1.29, 1.82) is 0 Å². The monoisotopic (exact) mass is 264 g/mol. The zero-order valence-electron chi connectivity index (χ0n) is 12.0. The highest BCUT2D eigenvalue weighted by Crippen LogP contribution is 2.29. The van der Waals surface area contributed by atoms with Gasteiger partial charge in [0.05, 0.1) is 11.7 Å². The van der Waals surface area contributed by atoms with Crippen LogP contribution in [0.15, 0.2) is 0 Å². The van der Waals surface area contributed by atoms with Crippen molar-refractivity contribution in [3.05, 3.63) is 17.0 Å². The summed E-state index contributed by atoms with van der Waals surface area (Å²) >= 11 is 0. The van der Waals surface area contributed by atoms with Crippen molar-refractivity contribution < 1.29 is 9.90 Å². The van der Waals surface area contributed by atoms with E-state index in [0.29, 0.717) is 12.5 Å². The van der Waals surface area contributed by atoms with Gasteiger partial charge in [-0.15, -0.1) is 0 Å². The molecule has 4 heteroatoms. The lowest BCUT2D eigenvalue weighted by atomic mass is 10.1. The van der Waals surface area contributed by atoms with Crippen LogP contribution in [0.2, 0.25) is 0 Å². The molecule has 1 heterocycles. The van der Waals surface area contributed by atoms with Gasteiger partial charge in [0.2, 0.25) is 0 Å². The molecule has 0 bridgehead atoms. The average Bonchev–Trinajstić information content (AvgIpc) is 2.59. The van der Waals surface area contributed by atoms with Crippen LogP contribution in [-0.4, -0.2) is 20.9 Å². The highest BCUT2D eigenvalue weighted by Gasteiger charge is 2.20. The van der Waals surface area contributed by atoms with Crippen molar-refractivity contribution in [3.63, 3.8) is 0 Å². The van der Waals surface area contributed by atoms with Gasteiger partial charge in [-0.2, -0.15) is 5.10 Å². The van der Waals surface area contributed by atoms with Gasteiger partial charge in [0.15, 0.2) is 0 Å². The van der Waals surface area contributed by atoms with Gasteiger partial charge in [-0.3, -0.25) is 9.48 Å². The summed E-state index contributed by atoms with van der Waals surface area (Å²) in [4.78, 5) is 10.7. The van der Waals surface area contributed by atoms with E-state index in [1.807, 2.05) is 6.92 Å². The molecule has 1 saturated carbocycles. The zero-order chi connectivity index (χ0) is 13.8. The molecule has 0 unspecified atom stereocenters. The van der Waals surface area contributed by atoms with Gasteiger partial charge in [-0.25, -0.2) is 0 Å². The molecule has 0 aromatic carbocycles. The number of carbonyl (C=O) groups is 1. The average molecular weight is 264 g/mol. The van der Waals surface area contributed by atoms with Crippen molar-refractivity contribution in [2.24, 2.45) is 0 Å². The molecule has 1 fully saturated rings. The minimum Gasteiger partial charge on any atom is -0.481 e. The fraction of sp³-hybridized carbons (Fsp3) is 0.733. The molecule has 4 nitrogen and oxygen atoms in total. The fourth-order valence-electron chi connectivity index (χ4n) is 3.15. The Morgan fingerprint density at radius 3 is 2.47 bits per heavy atom. The van der Waals surface area contributed by atoms with E-state index in [1.54, 1.807) is 0 Å². The normalized spacial score (nSPS) is 17.4. The molecule has 2 rings (SSSR count). The third kappa shape index (κ3) is 3.37. The number of rotatable bonds is 4. The number of hydrogen-bond acceptors (Lipinski definition) is 2. The molecule has 0 amide bonds. The van der Waals surface area contributed by atoms with Gasteiger partial charge in [0, 0.05) is 12.1 Å². The molecule has 1 aliphatic rings. The molecule has 0 saturated heterocycles. The first-order valence-corrected chi connectivity index (χ1v) is 7.36. The van der Waals surface area contributed by atoms with Crippen molar-refractivity contribution >= 4 is 5.97 Å². The first kappa shape index (κ1) is 14.1. The van der Waals surface area contributed by atoms with E-state index in [1.165, 1.54) is 44.2 Å². The number of aromatic nitrogens is 2. The van der Waals surface area contributed by atoms with Crippen LogP contribution in [-0.2, 0) is 11.2 Å². The van der Waals surface area contributed by atoms with E-state index in [0.717, 1.165) is 11.3 Å². The molecule has 0 spiro atoms. The quantitative estimate of drug-likeness (QED) is 0.848. The van der Waals surface area contributed by atoms with Crippen LogP contribution >= 0.6 is 0 Å². The summed E-state index contributed by atoms with van der Waals surface area (Å²) < 4.78 is 2.16. The van der Waals surface area contributed by atoms with E-state index in [2.05, 4.69) is 16.7 Å². The summed E-state index contributed by atoms with van der Waals surface area (Å²) in [7, 11) is 0. The van der Waals surface area contributed by atoms with Crippen LogP contribution in [0.5, 0.6) is 0 Å². The number of hydrogen-bond donors (Lipinski definition) is 1. The van der Waals surface area contributed by atoms with E-state index in [4.69, 9.17) is 5.11 Å². The van der Waals surface area contributed by atoms with Crippen molar-refractivity contribution in [3.8, 4) is 0 Å². The molecule has 0 radical (unpaired) electrons. The molecule has 0 atom stereocenters. The number of carboxylic acids is 1. The standard InChI is InChI=1S/C15H24N2O2/c1-11-14(9-10-15(18)19)12(2)17(16-11)13-7-5-3-4-6-8-13/h13H,3-10H2,1-2H3,(H,18,19). The van der Waals surface area contributed by atoms with E-state index in [9.17, 15) is 4.79 Å². The molecule has 1 N–H and O–H groups in total. The SMILES string of the molecule is Cc1nn(C2CCCCCC2)c(C)c1CCC(=O)O. The lowest BCUT2D eigenvalue weighted by molar-refractivity contribution is -0.136. The highest BCUT2D eigenvalue weighted by atomic mass is 16.4. The molecule has 1 aromatic heterocycles. The van der Waals surface area contributed by atoms with Crippen LogP contribution in [0.25, 0.3) is 0 Å². The third-order valence-corrected chi connectivity index (χ3v) is 4.23. The minimum absolute atomic E-state index is 0.192. The fourth-order valence-corrected chi connectivity index (χ4v) is 3.15. The van der Waals surface area contributed by atoms with Gasteiger partial charge < -0.3 is 5.11 Å². The first-order valence-electron chi connectivity index (χ1n) is 7.36. The Morgan fingerprint density at radius 2 is 1.89 bits per heavy atom. The first-order chi connectivity index (χ1) is 9.09. The van der Waals surface area contributed by atoms with E-state index < -0.39 is 5.97 Å². The molecule has 0 aliphatic heterocycles. The predicted molar refractivity (Wildman–Crippen MR) is 74.4 cm³/mol. The molecular formula is C15H24N2O2. The summed E-state index contributed by atoms with van der Waals surface area (Å²) in [5.41, 5.74) is 3.31. The lowest BCUT2D eigenvalue weighted by Gasteiger charge is -2.17. The maximum atomic E-state index is 10.7. The smallest absolute Gasteiger partial charge is 0.303 e. The van der Waals surface area contributed by atoms with Crippen molar-refractivity contribution in [1.82, 2.24) is 9.78 Å². The third-order valence-electron chi connectivity index (χ3n) is 4.23. The van der Waals surface area contributed by atoms with Crippen LogP contribution in [0, 0.1) is 13.8 Å². The zero-order valence-corrected chi connectivity index (χ0v) is 12.0. The molecule has 1 aromatic rings. The van der Waals surface area contributed by atoms with E-state index in [-0.39, 0.29) is 6.42 Å². The van der Waals surface area contributed by atoms with Gasteiger partial charge in [0.1, 0.15) is 0 Å². The largest absolute Gasteiger partial charge is 0.481 e. The number of aryl methyl sites for hydroxylation is 1. The Kier molecular flexibility index (Phi) is 4.61. The topological polar surface area (TPSA) is 55.1 Å². The van der Waals surface area contributed by atoms with Gasteiger partial charge >= 0.3 is 5.97 Å². The summed E-state index contributed by atoms with van der Waals surface area (Å²) in [5, 5.41) is 13.5. The second kappa shape index (κ2) is 6.22. The Morgan fingerprint density at radius 1 is 1.26 bits per heavy atom. The minimum atomic E-state index is -0.735. The van der Waals surface area contributed by atoms with Crippen LogP contribution in [0.4, 0.5) is 0 Å². The molecule has 1 aliphatic carbocycles. The predicted octanol–water partition coefficient (Wildman–Crippen LogP) is 3.41. The van der Waals surface area contributed by atoms with Gasteiger partial charge in [-0.05, 0) is 38.7 Å². The Hall–Kier alpha value is -1.32. The van der Waals surface area contributed by atoms with Crippen LogP contribution < -0.4 is 0 Å². The van der Waals surface area contributed by atoms with Gasteiger partial charge in [-0.1, -0.05) is 25.7 Å². The van der Waals surface area contributed by atoms with Crippen molar-refractivity contribution in [2.45, 2.75) is 71.3 Å². The summed E-state index contributed by atoms with van der Waals surface area (Å²) in [5.74, 6) is -0.735. The Labute approximate surface area is 114 Å². The van der Waals surface area contributed by atoms with Crippen LogP contribution in [0.3, 0.4) is 0 Å². The molecule has 106 valence electrons. The Balaban J connectivity index is 2.16. The number of nitrogens with zero attached hydrogens (tertiary/aromatic N) is 2. The second-order valence-corrected chi connectivity index (χ2v) is 5.63. The highest BCUT2D eigenvalue weighted by molar-refractivity contribution is 5.67. The van der Waals surface area contributed by atoms with Crippen LogP contribution in [0.1, 0.15) is 67.9 Å². The number of carboxylic acid groups (broad SMARTS) is 1. The Bertz CT molecular complexity index is 443. The number of aliphatic carboxylic acids is 1.